The second-order valence-electron chi connectivity index (χ2n) is 5.22. The monoisotopic (exact) mass is 287 g/mol. The molecule has 21 heavy (non-hydrogen) atoms. The van der Waals surface area contributed by atoms with Crippen molar-refractivity contribution in [3.8, 4) is 5.75 Å². The van der Waals surface area contributed by atoms with Crippen LogP contribution in [0.15, 0.2) is 36.5 Å². The number of ether oxygens (including phenoxy) is 1. The van der Waals surface area contributed by atoms with Gasteiger partial charge in [0.15, 0.2) is 0 Å². The summed E-state index contributed by atoms with van der Waals surface area (Å²) in [5, 5.41) is 0. The summed E-state index contributed by atoms with van der Waals surface area (Å²) in [5.41, 5.74) is 7.80. The molecule has 0 saturated heterocycles. The van der Waals surface area contributed by atoms with Gasteiger partial charge in [-0.1, -0.05) is 0 Å². The summed E-state index contributed by atoms with van der Waals surface area (Å²) in [5.74, 6) is 0.667. The Morgan fingerprint density at radius 3 is 2.43 bits per heavy atom. The highest BCUT2D eigenvalue weighted by Gasteiger charge is 2.19. The van der Waals surface area contributed by atoms with Gasteiger partial charge in [0, 0.05) is 25.0 Å². The van der Waals surface area contributed by atoms with Crippen molar-refractivity contribution in [2.45, 2.75) is 19.9 Å². The fraction of sp³-hybridized carbons (Fsp3) is 0.312. The molecule has 0 aliphatic heterocycles. The highest BCUT2D eigenvalue weighted by Crippen LogP contribution is 2.22. The Bertz CT molecular complexity index is 629. The summed E-state index contributed by atoms with van der Waals surface area (Å²) in [6, 6.07) is 9.24. The molecule has 2 aromatic rings. The Kier molecular flexibility index (Phi) is 4.21. The number of nitrogens with zero attached hydrogens (tertiary/aromatic N) is 2. The summed E-state index contributed by atoms with van der Waals surface area (Å²) >= 11 is 0. The van der Waals surface area contributed by atoms with Gasteiger partial charge in [-0.25, -0.2) is 0 Å². The van der Waals surface area contributed by atoms with Crippen LogP contribution in [0, 0.1) is 0 Å². The smallest absolute Gasteiger partial charge is 0.274 e. The van der Waals surface area contributed by atoms with E-state index in [0.29, 0.717) is 11.4 Å². The van der Waals surface area contributed by atoms with Crippen LogP contribution >= 0.6 is 0 Å². The van der Waals surface area contributed by atoms with E-state index >= 15 is 0 Å². The van der Waals surface area contributed by atoms with Crippen molar-refractivity contribution in [3.05, 3.63) is 42.2 Å². The zero-order valence-electron chi connectivity index (χ0n) is 12.8. The molecule has 5 nitrogen and oxygen atoms in total. The molecule has 0 atom stereocenters. The van der Waals surface area contributed by atoms with E-state index in [9.17, 15) is 4.79 Å². The van der Waals surface area contributed by atoms with E-state index in [0.717, 1.165) is 11.4 Å². The summed E-state index contributed by atoms with van der Waals surface area (Å²) in [4.78, 5) is 14.3. The van der Waals surface area contributed by atoms with Crippen molar-refractivity contribution >= 4 is 17.3 Å². The standard InChI is InChI=1S/C16H21N3O2/c1-11(2)19-10-12(17)9-15(19)16(20)18(3)13-5-7-14(21-4)8-6-13/h5-11H,17H2,1-4H3. The molecular weight excluding hydrogens is 266 g/mol. The maximum absolute atomic E-state index is 12.7. The number of anilines is 2. The topological polar surface area (TPSA) is 60.5 Å². The van der Waals surface area contributed by atoms with E-state index in [1.807, 2.05) is 42.7 Å². The molecule has 112 valence electrons. The SMILES string of the molecule is COc1ccc(N(C)C(=O)c2cc(N)cn2C(C)C)cc1. The van der Waals surface area contributed by atoms with Crippen molar-refractivity contribution in [1.82, 2.24) is 4.57 Å². The van der Waals surface area contributed by atoms with Gasteiger partial charge in [-0.2, -0.15) is 0 Å². The van der Waals surface area contributed by atoms with Gasteiger partial charge in [-0.3, -0.25) is 4.79 Å². The molecule has 0 radical (unpaired) electrons. The van der Waals surface area contributed by atoms with Crippen LogP contribution < -0.4 is 15.4 Å². The fourth-order valence-electron chi connectivity index (χ4n) is 2.19. The lowest BCUT2D eigenvalue weighted by Crippen LogP contribution is -2.28. The van der Waals surface area contributed by atoms with E-state index in [-0.39, 0.29) is 11.9 Å². The molecule has 0 unspecified atom stereocenters. The van der Waals surface area contributed by atoms with Crippen molar-refractivity contribution in [1.29, 1.82) is 0 Å². The molecule has 1 amide bonds. The molecule has 0 saturated carbocycles. The number of nitrogen functional groups attached to an aromatic ring is 1. The summed E-state index contributed by atoms with van der Waals surface area (Å²) in [7, 11) is 3.36. The van der Waals surface area contributed by atoms with Crippen LogP contribution in [0.3, 0.4) is 0 Å². The molecule has 0 bridgehead atoms. The molecule has 1 heterocycles. The first kappa shape index (κ1) is 15.0. The quantitative estimate of drug-likeness (QED) is 0.940. The third-order valence-corrected chi connectivity index (χ3v) is 3.41. The van der Waals surface area contributed by atoms with Crippen LogP contribution in [0.2, 0.25) is 0 Å². The highest BCUT2D eigenvalue weighted by molar-refractivity contribution is 6.05. The van der Waals surface area contributed by atoms with Crippen LogP contribution in [0.4, 0.5) is 11.4 Å². The predicted molar refractivity (Wildman–Crippen MR) is 85.0 cm³/mol. The normalized spacial score (nSPS) is 10.7. The van der Waals surface area contributed by atoms with Crippen LogP contribution in [-0.4, -0.2) is 24.6 Å². The molecule has 1 aromatic heterocycles. The second kappa shape index (κ2) is 5.91. The van der Waals surface area contributed by atoms with Gasteiger partial charge in [0.2, 0.25) is 0 Å². The largest absolute Gasteiger partial charge is 0.497 e. The lowest BCUT2D eigenvalue weighted by Gasteiger charge is -2.20. The average Bonchev–Trinajstić information content (AvgIpc) is 2.88. The van der Waals surface area contributed by atoms with Crippen molar-refractivity contribution < 1.29 is 9.53 Å². The van der Waals surface area contributed by atoms with Gasteiger partial charge in [0.25, 0.3) is 5.91 Å². The van der Waals surface area contributed by atoms with Crippen LogP contribution in [0.1, 0.15) is 30.4 Å². The molecular formula is C16H21N3O2. The van der Waals surface area contributed by atoms with Crippen molar-refractivity contribution in [2.75, 3.05) is 24.8 Å². The molecule has 5 heteroatoms. The minimum absolute atomic E-state index is 0.0921. The van der Waals surface area contributed by atoms with Crippen LogP contribution in [0.25, 0.3) is 0 Å². The van der Waals surface area contributed by atoms with E-state index in [2.05, 4.69) is 0 Å². The maximum Gasteiger partial charge on any atom is 0.274 e. The number of hydrogen-bond donors (Lipinski definition) is 1. The Labute approximate surface area is 124 Å². The third kappa shape index (κ3) is 3.02. The predicted octanol–water partition coefficient (Wildman–Crippen LogP) is 2.94. The summed E-state index contributed by atoms with van der Waals surface area (Å²) in [6.07, 6.45) is 1.79. The van der Waals surface area contributed by atoms with Crippen molar-refractivity contribution in [3.63, 3.8) is 0 Å². The van der Waals surface area contributed by atoms with Crippen LogP contribution in [-0.2, 0) is 0 Å². The minimum Gasteiger partial charge on any atom is -0.497 e. The number of amides is 1. The number of benzene rings is 1. The zero-order valence-corrected chi connectivity index (χ0v) is 12.8. The Morgan fingerprint density at radius 2 is 1.90 bits per heavy atom. The molecule has 0 aliphatic carbocycles. The average molecular weight is 287 g/mol. The van der Waals surface area contributed by atoms with Gasteiger partial charge in [0.05, 0.1) is 12.8 Å². The highest BCUT2D eigenvalue weighted by atomic mass is 16.5. The molecule has 2 rings (SSSR count). The molecule has 1 aromatic carbocycles. The maximum atomic E-state index is 12.7. The van der Waals surface area contributed by atoms with Gasteiger partial charge in [-0.15, -0.1) is 0 Å². The van der Waals surface area contributed by atoms with Gasteiger partial charge < -0.3 is 19.9 Å². The molecule has 0 fully saturated rings. The minimum atomic E-state index is -0.0921. The van der Waals surface area contributed by atoms with Crippen molar-refractivity contribution in [2.24, 2.45) is 0 Å². The van der Waals surface area contributed by atoms with E-state index in [1.165, 1.54) is 0 Å². The molecule has 0 spiro atoms. The number of hydrogen-bond acceptors (Lipinski definition) is 3. The first-order chi connectivity index (χ1) is 9.93. The summed E-state index contributed by atoms with van der Waals surface area (Å²) in [6.45, 7) is 4.03. The van der Waals surface area contributed by atoms with E-state index in [4.69, 9.17) is 10.5 Å². The first-order valence-corrected chi connectivity index (χ1v) is 6.83. The number of methoxy groups -OCH3 is 1. The number of nitrogens with two attached hydrogens (primary N) is 1. The second-order valence-corrected chi connectivity index (χ2v) is 5.22. The van der Waals surface area contributed by atoms with E-state index in [1.54, 1.807) is 31.3 Å². The number of carbonyl (C=O) groups is 1. The molecule has 0 aliphatic rings. The first-order valence-electron chi connectivity index (χ1n) is 6.83. The van der Waals surface area contributed by atoms with Gasteiger partial charge >= 0.3 is 0 Å². The Hall–Kier alpha value is -2.43. The number of rotatable bonds is 4. The van der Waals surface area contributed by atoms with Gasteiger partial charge in [-0.05, 0) is 44.2 Å². The Morgan fingerprint density at radius 1 is 1.29 bits per heavy atom. The van der Waals surface area contributed by atoms with Gasteiger partial charge in [0.1, 0.15) is 11.4 Å². The van der Waals surface area contributed by atoms with E-state index < -0.39 is 0 Å². The lowest BCUT2D eigenvalue weighted by atomic mass is 10.2. The Balaban J connectivity index is 2.30. The fourth-order valence-corrected chi connectivity index (χ4v) is 2.19. The zero-order chi connectivity index (χ0) is 15.6. The summed E-state index contributed by atoms with van der Waals surface area (Å²) < 4.78 is 7.01. The lowest BCUT2D eigenvalue weighted by molar-refractivity contribution is 0.0982. The number of carbonyl (C=O) groups excluding carboxylic acids is 1. The van der Waals surface area contributed by atoms with Crippen LogP contribution in [0.5, 0.6) is 5.75 Å². The molecule has 2 N–H and O–H groups in total. The number of aromatic nitrogens is 1. The third-order valence-electron chi connectivity index (χ3n) is 3.41.